The molecule has 37 heavy (non-hydrogen) atoms. The lowest BCUT2D eigenvalue weighted by Crippen LogP contribution is -2.44. The number of aliphatic hydroxyl groups is 1. The van der Waals surface area contributed by atoms with Gasteiger partial charge in [-0.1, -0.05) is 12.1 Å². The topological polar surface area (TPSA) is 83.9 Å². The normalized spacial score (nSPS) is 15.9. The molecule has 1 atom stereocenters. The number of hydrogen-bond acceptors (Lipinski definition) is 6. The summed E-state index contributed by atoms with van der Waals surface area (Å²) in [5, 5.41) is 11.9. The number of carbonyl (C=O) groups is 1. The number of benzene rings is 2. The van der Waals surface area contributed by atoms with Crippen LogP contribution in [0.5, 0.6) is 5.88 Å². The number of morpholine rings is 1. The number of aromatic nitrogens is 1. The molecule has 0 saturated carbocycles. The van der Waals surface area contributed by atoms with E-state index in [0.717, 1.165) is 28.8 Å². The van der Waals surface area contributed by atoms with Gasteiger partial charge < -0.3 is 24.8 Å². The Morgan fingerprint density at radius 2 is 2.03 bits per heavy atom. The molecule has 3 aromatic rings. The summed E-state index contributed by atoms with van der Waals surface area (Å²) in [6.07, 6.45) is -4.54. The first kappa shape index (κ1) is 26.4. The Hall–Kier alpha value is -3.63. The molecule has 1 aliphatic rings. The lowest BCUT2D eigenvalue weighted by atomic mass is 10.00. The number of carbonyl (C=O) groups excluding carboxylic acids is 1. The van der Waals surface area contributed by atoms with Crippen LogP contribution in [0.25, 0.3) is 11.1 Å². The minimum absolute atomic E-state index is 0.0840. The average molecular weight is 516 g/mol. The minimum Gasteiger partial charge on any atom is -0.475 e. The maximum atomic E-state index is 13.1. The van der Waals surface area contributed by atoms with Gasteiger partial charge in [0.2, 0.25) is 5.88 Å². The third kappa shape index (κ3) is 6.39. The number of aliphatic hydroxyl groups excluding tert-OH is 1. The first-order chi connectivity index (χ1) is 17.7. The number of amides is 1. The monoisotopic (exact) mass is 515 g/mol. The van der Waals surface area contributed by atoms with E-state index in [1.807, 2.05) is 26.0 Å². The van der Waals surface area contributed by atoms with Crippen molar-refractivity contribution in [2.45, 2.75) is 26.1 Å². The summed E-state index contributed by atoms with van der Waals surface area (Å²) in [5.74, 6) is 0.391. The molecule has 10 heteroatoms. The third-order valence-electron chi connectivity index (χ3n) is 6.05. The number of ether oxygens (including phenoxy) is 2. The number of pyridine rings is 1. The number of alkyl halides is 3. The third-order valence-corrected chi connectivity index (χ3v) is 6.05. The fourth-order valence-corrected chi connectivity index (χ4v) is 4.14. The Morgan fingerprint density at radius 1 is 1.22 bits per heavy atom. The highest BCUT2D eigenvalue weighted by molar-refractivity contribution is 6.04. The zero-order chi connectivity index (χ0) is 26.6. The summed E-state index contributed by atoms with van der Waals surface area (Å²) in [6, 6.07) is 13.4. The van der Waals surface area contributed by atoms with Gasteiger partial charge in [0.25, 0.3) is 5.91 Å². The van der Waals surface area contributed by atoms with Gasteiger partial charge in [-0.3, -0.25) is 4.79 Å². The molecule has 2 N–H and O–H groups in total. The van der Waals surface area contributed by atoms with Crippen LogP contribution >= 0.6 is 0 Å². The molecule has 1 saturated heterocycles. The molecule has 0 spiro atoms. The van der Waals surface area contributed by atoms with Gasteiger partial charge in [0, 0.05) is 23.9 Å². The van der Waals surface area contributed by atoms with Crippen LogP contribution in [0.4, 0.5) is 24.7 Å². The van der Waals surface area contributed by atoms with Crippen molar-refractivity contribution in [1.82, 2.24) is 4.98 Å². The van der Waals surface area contributed by atoms with Crippen molar-refractivity contribution in [2.75, 3.05) is 43.2 Å². The Kier molecular flexibility index (Phi) is 7.99. The quantitative estimate of drug-likeness (QED) is 0.465. The van der Waals surface area contributed by atoms with E-state index < -0.39 is 17.6 Å². The van der Waals surface area contributed by atoms with E-state index in [1.54, 1.807) is 18.2 Å². The van der Waals surface area contributed by atoms with Crippen molar-refractivity contribution in [3.8, 4) is 17.0 Å². The van der Waals surface area contributed by atoms with E-state index >= 15 is 0 Å². The summed E-state index contributed by atoms with van der Waals surface area (Å²) in [7, 11) is 0. The predicted molar refractivity (Wildman–Crippen MR) is 134 cm³/mol. The van der Waals surface area contributed by atoms with Gasteiger partial charge in [0.15, 0.2) is 0 Å². The maximum Gasteiger partial charge on any atom is 0.416 e. The fourth-order valence-electron chi connectivity index (χ4n) is 4.14. The average Bonchev–Trinajstić information content (AvgIpc) is 2.88. The highest BCUT2D eigenvalue weighted by Crippen LogP contribution is 2.33. The van der Waals surface area contributed by atoms with Crippen molar-refractivity contribution in [2.24, 2.45) is 0 Å². The minimum atomic E-state index is -4.54. The molecule has 0 radical (unpaired) electrons. The predicted octanol–water partition coefficient (Wildman–Crippen LogP) is 4.92. The Morgan fingerprint density at radius 3 is 2.76 bits per heavy atom. The first-order valence-corrected chi connectivity index (χ1v) is 11.9. The van der Waals surface area contributed by atoms with E-state index in [9.17, 15) is 23.1 Å². The Bertz CT molecular complexity index is 1270. The second-order valence-electron chi connectivity index (χ2n) is 8.80. The van der Waals surface area contributed by atoms with Gasteiger partial charge in [0.05, 0.1) is 31.4 Å². The van der Waals surface area contributed by atoms with Crippen molar-refractivity contribution < 1.29 is 32.5 Å². The molecule has 0 aliphatic carbocycles. The van der Waals surface area contributed by atoms with Crippen molar-refractivity contribution in [3.63, 3.8) is 0 Å². The Labute approximate surface area is 212 Å². The summed E-state index contributed by atoms with van der Waals surface area (Å²) < 4.78 is 50.4. The van der Waals surface area contributed by atoms with Crippen LogP contribution in [0, 0.1) is 6.92 Å². The zero-order valence-electron chi connectivity index (χ0n) is 20.5. The van der Waals surface area contributed by atoms with Crippen molar-refractivity contribution in [1.29, 1.82) is 0 Å². The highest BCUT2D eigenvalue weighted by Gasteiger charge is 2.31. The van der Waals surface area contributed by atoms with Crippen LogP contribution in [-0.4, -0.2) is 55.0 Å². The molecule has 4 rings (SSSR count). The molecular weight excluding hydrogens is 487 g/mol. The van der Waals surface area contributed by atoms with Crippen LogP contribution in [0.3, 0.4) is 0 Å². The second kappa shape index (κ2) is 11.2. The molecule has 1 fully saturated rings. The van der Waals surface area contributed by atoms with Crippen molar-refractivity contribution >= 4 is 17.4 Å². The van der Waals surface area contributed by atoms with Gasteiger partial charge in [-0.15, -0.1) is 0 Å². The summed E-state index contributed by atoms with van der Waals surface area (Å²) in [6.45, 7) is 5.67. The van der Waals surface area contributed by atoms with Gasteiger partial charge in [-0.05, 0) is 66.9 Å². The van der Waals surface area contributed by atoms with Crippen LogP contribution < -0.4 is 15.0 Å². The van der Waals surface area contributed by atoms with E-state index in [0.29, 0.717) is 37.1 Å². The first-order valence-electron chi connectivity index (χ1n) is 11.9. The number of nitrogens with one attached hydrogen (secondary N) is 1. The molecule has 7 nitrogen and oxygen atoms in total. The lowest BCUT2D eigenvalue weighted by molar-refractivity contribution is -0.137. The summed E-state index contributed by atoms with van der Waals surface area (Å²) >= 11 is 0. The maximum absolute atomic E-state index is 13.1. The molecule has 1 aliphatic heterocycles. The number of anilines is 2. The molecular formula is C27H28F3N3O4. The Balaban J connectivity index is 1.66. The lowest BCUT2D eigenvalue weighted by Gasteiger charge is -2.34. The molecule has 1 amide bonds. The van der Waals surface area contributed by atoms with Gasteiger partial charge in [0.1, 0.15) is 12.4 Å². The molecule has 2 heterocycles. The number of aryl methyl sites for hydroxylation is 1. The zero-order valence-corrected chi connectivity index (χ0v) is 20.5. The fraction of sp³-hybridized carbons (Fsp3) is 0.333. The smallest absolute Gasteiger partial charge is 0.416 e. The largest absolute Gasteiger partial charge is 0.475 e. The molecule has 0 bridgehead atoms. The van der Waals surface area contributed by atoms with Gasteiger partial charge in [-0.25, -0.2) is 0 Å². The highest BCUT2D eigenvalue weighted by atomic mass is 19.4. The van der Waals surface area contributed by atoms with Crippen LogP contribution in [0.1, 0.15) is 28.4 Å². The van der Waals surface area contributed by atoms with Crippen LogP contribution in [-0.2, 0) is 10.9 Å². The standard InChI is InChI=1S/C27H28F3N3O4/c1-17-6-7-22(31-26(35)19-4-3-5-21(12-19)27(28,29)30)15-23(17)20-13-24(32-25(14-20)37-11-9-34)33-8-10-36-16-18(33)2/h3-7,12-15,18,34H,8-11,16H2,1-2H3,(H,31,35). The van der Waals surface area contributed by atoms with Gasteiger partial charge >= 0.3 is 6.18 Å². The summed E-state index contributed by atoms with van der Waals surface area (Å²) in [4.78, 5) is 19.5. The van der Waals surface area contributed by atoms with Crippen LogP contribution in [0.2, 0.25) is 0 Å². The molecule has 1 aromatic heterocycles. The summed E-state index contributed by atoms with van der Waals surface area (Å²) in [5.41, 5.74) is 1.94. The van der Waals surface area contributed by atoms with E-state index in [4.69, 9.17) is 9.47 Å². The van der Waals surface area contributed by atoms with Crippen molar-refractivity contribution in [3.05, 3.63) is 71.3 Å². The molecule has 2 aromatic carbocycles. The molecule has 1 unspecified atom stereocenters. The number of rotatable bonds is 7. The number of nitrogens with zero attached hydrogens (tertiary/aromatic N) is 2. The SMILES string of the molecule is Cc1ccc(NC(=O)c2cccc(C(F)(F)F)c2)cc1-c1cc(OCCO)nc(N2CCOCC2C)c1. The van der Waals surface area contributed by atoms with E-state index in [1.165, 1.54) is 12.1 Å². The molecule has 196 valence electrons. The van der Waals surface area contributed by atoms with E-state index in [-0.39, 0.29) is 24.8 Å². The van der Waals surface area contributed by atoms with Gasteiger partial charge in [-0.2, -0.15) is 18.2 Å². The van der Waals surface area contributed by atoms with Crippen LogP contribution in [0.15, 0.2) is 54.6 Å². The second-order valence-corrected chi connectivity index (χ2v) is 8.80. The number of hydrogen-bond donors (Lipinski definition) is 2. The van der Waals surface area contributed by atoms with E-state index in [2.05, 4.69) is 15.2 Å². The number of halogens is 3.